The minimum Gasteiger partial charge on any atom is -0.455 e. The van der Waals surface area contributed by atoms with E-state index in [0.29, 0.717) is 33.8 Å². The lowest BCUT2D eigenvalue weighted by Gasteiger charge is -2.35. The summed E-state index contributed by atoms with van der Waals surface area (Å²) in [6, 6.07) is 17.9. The van der Waals surface area contributed by atoms with Crippen LogP contribution in [0.25, 0.3) is 0 Å². The van der Waals surface area contributed by atoms with Gasteiger partial charge in [-0.05, 0) is 54.6 Å². The average Bonchev–Trinajstić information content (AvgIpc) is 3.22. The molecule has 1 aliphatic rings. The highest BCUT2D eigenvalue weighted by Gasteiger charge is 2.24. The van der Waals surface area contributed by atoms with Crippen LogP contribution in [0.3, 0.4) is 0 Å². The van der Waals surface area contributed by atoms with Crippen molar-refractivity contribution < 1.29 is 13.4 Å². The van der Waals surface area contributed by atoms with E-state index in [1.54, 1.807) is 41.3 Å². The standard InChI is InChI=1S/C22H20Cl2N2O3S/c23-16-4-7-20(8-5-16)30(28)15-19-6-9-21(29-19)22(27)26-12-10-25(11-13-26)18-3-1-2-17(24)14-18/h1-9,14H,10-13,15H2/t30-/m0/s1. The van der Waals surface area contributed by atoms with E-state index >= 15 is 0 Å². The quantitative estimate of drug-likeness (QED) is 0.543. The van der Waals surface area contributed by atoms with Crippen LogP contribution in [0.4, 0.5) is 5.69 Å². The number of piperazine rings is 1. The Morgan fingerprint density at radius 2 is 1.67 bits per heavy atom. The molecule has 1 saturated heterocycles. The van der Waals surface area contributed by atoms with Crippen LogP contribution in [0.15, 0.2) is 70.0 Å². The summed E-state index contributed by atoms with van der Waals surface area (Å²) in [5, 5.41) is 1.29. The topological polar surface area (TPSA) is 53.8 Å². The van der Waals surface area contributed by atoms with Crippen molar-refractivity contribution in [2.75, 3.05) is 31.1 Å². The number of anilines is 1. The van der Waals surface area contributed by atoms with Gasteiger partial charge in [-0.15, -0.1) is 0 Å². The summed E-state index contributed by atoms with van der Waals surface area (Å²) in [5.41, 5.74) is 1.06. The van der Waals surface area contributed by atoms with Crippen molar-refractivity contribution in [1.29, 1.82) is 0 Å². The molecule has 30 heavy (non-hydrogen) atoms. The fourth-order valence-corrected chi connectivity index (χ4v) is 4.70. The largest absolute Gasteiger partial charge is 0.455 e. The van der Waals surface area contributed by atoms with Gasteiger partial charge in [0.15, 0.2) is 5.76 Å². The second-order valence-corrected chi connectivity index (χ2v) is 9.29. The molecule has 0 saturated carbocycles. The van der Waals surface area contributed by atoms with Crippen molar-refractivity contribution in [3.63, 3.8) is 0 Å². The minimum atomic E-state index is -1.27. The molecule has 1 atom stereocenters. The van der Waals surface area contributed by atoms with Crippen LogP contribution in [-0.4, -0.2) is 41.2 Å². The first-order valence-electron chi connectivity index (χ1n) is 9.52. The molecule has 2 heterocycles. The van der Waals surface area contributed by atoms with E-state index in [1.807, 2.05) is 24.3 Å². The van der Waals surface area contributed by atoms with Gasteiger partial charge in [0.2, 0.25) is 0 Å². The smallest absolute Gasteiger partial charge is 0.289 e. The van der Waals surface area contributed by atoms with Crippen LogP contribution in [0.2, 0.25) is 10.0 Å². The SMILES string of the molecule is O=C(c1ccc(C[S@](=O)c2ccc(Cl)cc2)o1)N1CCN(c2cccc(Cl)c2)CC1. The molecule has 0 spiro atoms. The fourth-order valence-electron chi connectivity index (χ4n) is 3.37. The van der Waals surface area contributed by atoms with Gasteiger partial charge in [-0.25, -0.2) is 0 Å². The Bertz CT molecular complexity index is 1060. The maximum Gasteiger partial charge on any atom is 0.289 e. The van der Waals surface area contributed by atoms with E-state index in [1.165, 1.54) is 0 Å². The summed E-state index contributed by atoms with van der Waals surface area (Å²) in [7, 11) is -1.27. The second-order valence-electron chi connectivity index (χ2n) is 6.97. The first-order valence-corrected chi connectivity index (χ1v) is 11.6. The normalized spacial score (nSPS) is 15.3. The van der Waals surface area contributed by atoms with Crippen LogP contribution in [0.1, 0.15) is 16.3 Å². The molecule has 2 aromatic carbocycles. The number of hydrogen-bond donors (Lipinski definition) is 0. The lowest BCUT2D eigenvalue weighted by Crippen LogP contribution is -2.48. The molecule has 4 rings (SSSR count). The molecule has 1 aromatic heterocycles. The minimum absolute atomic E-state index is 0.149. The highest BCUT2D eigenvalue weighted by atomic mass is 35.5. The van der Waals surface area contributed by atoms with Gasteiger partial charge >= 0.3 is 0 Å². The van der Waals surface area contributed by atoms with Gasteiger partial charge in [0.25, 0.3) is 5.91 Å². The molecule has 0 N–H and O–H groups in total. The Kier molecular flexibility index (Phi) is 6.46. The van der Waals surface area contributed by atoms with Gasteiger partial charge < -0.3 is 14.2 Å². The van der Waals surface area contributed by atoms with E-state index in [4.69, 9.17) is 27.6 Å². The predicted molar refractivity (Wildman–Crippen MR) is 120 cm³/mol. The Morgan fingerprint density at radius 1 is 0.933 bits per heavy atom. The van der Waals surface area contributed by atoms with Gasteiger partial charge in [-0.1, -0.05) is 29.3 Å². The first-order chi connectivity index (χ1) is 14.5. The molecule has 0 unspecified atom stereocenters. The molecule has 0 bridgehead atoms. The van der Waals surface area contributed by atoms with Gasteiger partial charge in [0, 0.05) is 46.8 Å². The molecule has 0 aliphatic carbocycles. The monoisotopic (exact) mass is 462 g/mol. The van der Waals surface area contributed by atoms with E-state index < -0.39 is 10.8 Å². The van der Waals surface area contributed by atoms with E-state index in [-0.39, 0.29) is 17.4 Å². The number of carbonyl (C=O) groups is 1. The van der Waals surface area contributed by atoms with Crippen LogP contribution in [0, 0.1) is 0 Å². The van der Waals surface area contributed by atoms with E-state index in [2.05, 4.69) is 4.90 Å². The first kappa shape index (κ1) is 21.0. The third kappa shape index (κ3) is 4.89. The number of hydrogen-bond acceptors (Lipinski definition) is 4. The zero-order valence-electron chi connectivity index (χ0n) is 16.1. The maximum absolute atomic E-state index is 12.8. The number of carbonyl (C=O) groups excluding carboxylic acids is 1. The molecule has 8 heteroatoms. The Labute approximate surface area is 187 Å². The number of amides is 1. The van der Waals surface area contributed by atoms with Gasteiger partial charge in [0.1, 0.15) is 5.76 Å². The van der Waals surface area contributed by atoms with Crippen LogP contribution in [-0.2, 0) is 16.6 Å². The molecule has 156 valence electrons. The molecule has 0 radical (unpaired) electrons. The van der Waals surface area contributed by atoms with Crippen molar-refractivity contribution >= 4 is 45.6 Å². The summed E-state index contributed by atoms with van der Waals surface area (Å²) in [6.07, 6.45) is 0. The molecule has 1 amide bonds. The third-order valence-corrected chi connectivity index (χ3v) is 6.79. The number of benzene rings is 2. The van der Waals surface area contributed by atoms with Gasteiger partial charge in [-0.2, -0.15) is 0 Å². The Balaban J connectivity index is 1.35. The Hall–Kier alpha value is -2.28. The Morgan fingerprint density at radius 3 is 2.37 bits per heavy atom. The molecule has 1 aliphatic heterocycles. The van der Waals surface area contributed by atoms with Crippen LogP contribution in [0.5, 0.6) is 0 Å². The van der Waals surface area contributed by atoms with Gasteiger partial charge in [0.05, 0.1) is 16.6 Å². The number of furan rings is 1. The average molecular weight is 463 g/mol. The summed E-state index contributed by atoms with van der Waals surface area (Å²) in [5.74, 6) is 0.847. The zero-order valence-corrected chi connectivity index (χ0v) is 18.4. The van der Waals surface area contributed by atoms with E-state index in [0.717, 1.165) is 18.8 Å². The lowest BCUT2D eigenvalue weighted by molar-refractivity contribution is 0.0713. The third-order valence-electron chi connectivity index (χ3n) is 4.96. The second kappa shape index (κ2) is 9.25. The molecule has 5 nitrogen and oxygen atoms in total. The van der Waals surface area contributed by atoms with Crippen LogP contribution < -0.4 is 4.90 Å². The summed E-state index contributed by atoms with van der Waals surface area (Å²) >= 11 is 11.9. The van der Waals surface area contributed by atoms with Crippen molar-refractivity contribution in [2.24, 2.45) is 0 Å². The summed E-state index contributed by atoms with van der Waals surface area (Å²) in [4.78, 5) is 17.5. The van der Waals surface area contributed by atoms with Crippen molar-refractivity contribution in [3.8, 4) is 0 Å². The van der Waals surface area contributed by atoms with Crippen molar-refractivity contribution in [2.45, 2.75) is 10.6 Å². The van der Waals surface area contributed by atoms with Crippen LogP contribution >= 0.6 is 23.2 Å². The molecule has 1 fully saturated rings. The molecular weight excluding hydrogens is 443 g/mol. The van der Waals surface area contributed by atoms with Gasteiger partial charge in [-0.3, -0.25) is 9.00 Å². The molecular formula is C22H20Cl2N2O3S. The van der Waals surface area contributed by atoms with E-state index in [9.17, 15) is 9.00 Å². The fraction of sp³-hybridized carbons (Fsp3) is 0.227. The maximum atomic E-state index is 12.8. The van der Waals surface area contributed by atoms with Crippen molar-refractivity contribution in [3.05, 3.63) is 82.2 Å². The predicted octanol–water partition coefficient (Wildman–Crippen LogP) is 4.86. The summed E-state index contributed by atoms with van der Waals surface area (Å²) in [6.45, 7) is 2.64. The summed E-state index contributed by atoms with van der Waals surface area (Å²) < 4.78 is 18.2. The number of nitrogens with zero attached hydrogens (tertiary/aromatic N) is 2. The molecule has 3 aromatic rings. The number of rotatable bonds is 5. The zero-order chi connectivity index (χ0) is 21.1. The highest BCUT2D eigenvalue weighted by molar-refractivity contribution is 7.84. The number of halogens is 2. The highest BCUT2D eigenvalue weighted by Crippen LogP contribution is 2.22. The lowest BCUT2D eigenvalue weighted by atomic mass is 10.2. The van der Waals surface area contributed by atoms with Crippen molar-refractivity contribution in [1.82, 2.24) is 4.90 Å².